The van der Waals surface area contributed by atoms with E-state index < -0.39 is 0 Å². The third-order valence-electron chi connectivity index (χ3n) is 4.38. The van der Waals surface area contributed by atoms with Crippen molar-refractivity contribution in [2.24, 2.45) is 0 Å². The molecular weight excluding hydrogens is 420 g/mol. The Balaban J connectivity index is 1.66. The molecule has 9 nitrogen and oxygen atoms in total. The molecule has 0 aliphatic rings. The lowest BCUT2D eigenvalue weighted by Crippen LogP contribution is -2.20. The van der Waals surface area contributed by atoms with Crippen LogP contribution >= 0.6 is 11.6 Å². The molecule has 31 heavy (non-hydrogen) atoms. The maximum atomic E-state index is 12.2. The number of ether oxygens (including phenoxy) is 2. The lowest BCUT2D eigenvalue weighted by molar-refractivity contribution is -0.118. The first-order valence-corrected chi connectivity index (χ1v) is 10.3. The summed E-state index contributed by atoms with van der Waals surface area (Å²) in [4.78, 5) is 12.2. The van der Waals surface area contributed by atoms with Crippen LogP contribution in [0.1, 0.15) is 25.0 Å². The molecule has 1 amide bonds. The third kappa shape index (κ3) is 6.08. The minimum atomic E-state index is -0.278. The van der Waals surface area contributed by atoms with Crippen LogP contribution in [0, 0.1) is 6.92 Å². The van der Waals surface area contributed by atoms with E-state index in [2.05, 4.69) is 26.2 Å². The minimum absolute atomic E-state index is 0.173. The first-order valence-electron chi connectivity index (χ1n) is 9.94. The van der Waals surface area contributed by atoms with Gasteiger partial charge in [0.05, 0.1) is 6.61 Å². The van der Waals surface area contributed by atoms with E-state index in [1.165, 1.54) is 0 Å². The highest BCUT2D eigenvalue weighted by atomic mass is 35.5. The van der Waals surface area contributed by atoms with Gasteiger partial charge in [-0.3, -0.25) is 4.79 Å². The predicted molar refractivity (Wildman–Crippen MR) is 119 cm³/mol. The van der Waals surface area contributed by atoms with Crippen molar-refractivity contribution in [3.05, 3.63) is 52.5 Å². The number of hydrogen-bond acceptors (Lipinski definition) is 7. The Bertz CT molecular complexity index is 1020. The zero-order valence-corrected chi connectivity index (χ0v) is 18.4. The molecule has 0 atom stereocenters. The van der Waals surface area contributed by atoms with Gasteiger partial charge in [0.25, 0.3) is 5.91 Å². The van der Waals surface area contributed by atoms with Gasteiger partial charge in [0.15, 0.2) is 18.1 Å². The molecule has 0 radical (unpaired) electrons. The molecule has 0 unspecified atom stereocenters. The van der Waals surface area contributed by atoms with E-state index >= 15 is 0 Å². The van der Waals surface area contributed by atoms with Gasteiger partial charge in [-0.1, -0.05) is 34.4 Å². The third-order valence-corrected chi connectivity index (χ3v) is 4.73. The van der Waals surface area contributed by atoms with Crippen molar-refractivity contribution >= 4 is 29.1 Å². The number of amides is 1. The molecule has 2 N–H and O–H groups in total. The number of nitrogens with one attached hydrogen (secondary N) is 2. The number of aromatic nitrogens is 4. The summed E-state index contributed by atoms with van der Waals surface area (Å²) in [6.07, 6.45) is 0. The van der Waals surface area contributed by atoms with Crippen molar-refractivity contribution < 1.29 is 14.3 Å². The number of hydrogen-bond donors (Lipinski definition) is 2. The number of rotatable bonds is 10. The maximum Gasteiger partial charge on any atom is 0.262 e. The van der Waals surface area contributed by atoms with Gasteiger partial charge in [-0.05, 0) is 55.0 Å². The second-order valence-corrected chi connectivity index (χ2v) is 7.11. The summed E-state index contributed by atoms with van der Waals surface area (Å²) in [5, 5.41) is 17.9. The van der Waals surface area contributed by atoms with Gasteiger partial charge in [-0.25, -0.2) is 4.68 Å². The number of benzene rings is 2. The highest BCUT2D eigenvalue weighted by Gasteiger charge is 2.14. The van der Waals surface area contributed by atoms with Crippen molar-refractivity contribution in [1.29, 1.82) is 0 Å². The molecule has 164 valence electrons. The first kappa shape index (κ1) is 22.4. The predicted octanol–water partition coefficient (Wildman–Crippen LogP) is 3.68. The standard InChI is InChI=1S/C21H25ClN6O3/c1-4-28-21(25-26-27-28)23-12-15-10-18(30-5-2)19(11-17(15)22)31-13-20(29)24-16-8-6-14(3)7-9-16/h6-11H,4-5,12-13H2,1-3H3,(H,24,29)(H,23,25,27). The number of halogens is 1. The van der Waals surface area contributed by atoms with Gasteiger partial charge < -0.3 is 20.1 Å². The number of tetrazole rings is 1. The van der Waals surface area contributed by atoms with Crippen LogP contribution in [0.2, 0.25) is 5.02 Å². The van der Waals surface area contributed by atoms with Crippen LogP contribution in [-0.4, -0.2) is 39.3 Å². The average molecular weight is 445 g/mol. The second-order valence-electron chi connectivity index (χ2n) is 6.70. The van der Waals surface area contributed by atoms with E-state index in [4.69, 9.17) is 21.1 Å². The summed E-state index contributed by atoms with van der Waals surface area (Å²) in [6.45, 7) is 7.11. The summed E-state index contributed by atoms with van der Waals surface area (Å²) in [5.74, 6) is 1.17. The number of aryl methyl sites for hydroxylation is 2. The number of carbonyl (C=O) groups excluding carboxylic acids is 1. The monoisotopic (exact) mass is 444 g/mol. The van der Waals surface area contributed by atoms with Crippen LogP contribution in [0.15, 0.2) is 36.4 Å². The Hall–Kier alpha value is -3.33. The summed E-state index contributed by atoms with van der Waals surface area (Å²) in [7, 11) is 0. The molecule has 3 rings (SSSR count). The van der Waals surface area contributed by atoms with Crippen molar-refractivity contribution in [3.63, 3.8) is 0 Å². The number of nitrogens with zero attached hydrogens (tertiary/aromatic N) is 4. The van der Waals surface area contributed by atoms with Crippen molar-refractivity contribution in [3.8, 4) is 11.5 Å². The fourth-order valence-corrected chi connectivity index (χ4v) is 3.01. The molecule has 0 bridgehead atoms. The Morgan fingerprint density at radius 3 is 2.58 bits per heavy atom. The van der Waals surface area contributed by atoms with Gasteiger partial charge in [0.1, 0.15) is 0 Å². The molecule has 1 aromatic heterocycles. The molecule has 0 fully saturated rings. The quantitative estimate of drug-likeness (QED) is 0.491. The summed E-state index contributed by atoms with van der Waals surface area (Å²) >= 11 is 6.44. The maximum absolute atomic E-state index is 12.2. The van der Waals surface area contributed by atoms with Crippen LogP contribution in [0.3, 0.4) is 0 Å². The normalized spacial score (nSPS) is 10.6. The molecule has 2 aromatic carbocycles. The summed E-state index contributed by atoms with van der Waals surface area (Å²) in [6, 6.07) is 11.0. The minimum Gasteiger partial charge on any atom is -0.490 e. The summed E-state index contributed by atoms with van der Waals surface area (Å²) in [5.41, 5.74) is 2.61. The van der Waals surface area contributed by atoms with Crippen LogP contribution in [0.25, 0.3) is 0 Å². The van der Waals surface area contributed by atoms with E-state index in [0.29, 0.717) is 47.9 Å². The van der Waals surface area contributed by atoms with Crippen LogP contribution in [-0.2, 0) is 17.9 Å². The number of anilines is 2. The molecule has 10 heteroatoms. The zero-order chi connectivity index (χ0) is 22.2. The van der Waals surface area contributed by atoms with Crippen molar-refractivity contribution in [2.45, 2.75) is 33.9 Å². The Labute approximate surface area is 185 Å². The molecule has 1 heterocycles. The van der Waals surface area contributed by atoms with E-state index in [0.717, 1.165) is 11.1 Å². The van der Waals surface area contributed by atoms with E-state index in [1.807, 2.05) is 45.0 Å². The SMILES string of the molecule is CCOc1cc(CNc2nnnn2CC)c(Cl)cc1OCC(=O)Nc1ccc(C)cc1. The molecule has 0 aliphatic carbocycles. The van der Waals surface area contributed by atoms with Gasteiger partial charge in [0.2, 0.25) is 5.95 Å². The van der Waals surface area contributed by atoms with Crippen LogP contribution in [0.4, 0.5) is 11.6 Å². The van der Waals surface area contributed by atoms with Gasteiger partial charge >= 0.3 is 0 Å². The smallest absolute Gasteiger partial charge is 0.262 e. The Morgan fingerprint density at radius 1 is 1.13 bits per heavy atom. The van der Waals surface area contributed by atoms with Gasteiger partial charge in [-0.2, -0.15) is 0 Å². The number of carbonyl (C=O) groups is 1. The molecule has 0 saturated carbocycles. The molecule has 3 aromatic rings. The largest absolute Gasteiger partial charge is 0.490 e. The molecule has 0 aliphatic heterocycles. The average Bonchev–Trinajstić information content (AvgIpc) is 3.22. The second kappa shape index (κ2) is 10.6. The Morgan fingerprint density at radius 2 is 1.87 bits per heavy atom. The van der Waals surface area contributed by atoms with Crippen LogP contribution < -0.4 is 20.1 Å². The summed E-state index contributed by atoms with van der Waals surface area (Å²) < 4.78 is 13.0. The topological polar surface area (TPSA) is 103 Å². The fraction of sp³-hybridized carbons (Fsp3) is 0.333. The molecule has 0 saturated heterocycles. The van der Waals surface area contributed by atoms with E-state index in [9.17, 15) is 4.79 Å². The Kier molecular flexibility index (Phi) is 7.66. The first-order chi connectivity index (χ1) is 15.0. The van der Waals surface area contributed by atoms with Gasteiger partial charge in [0, 0.05) is 29.9 Å². The lowest BCUT2D eigenvalue weighted by atomic mass is 10.2. The highest BCUT2D eigenvalue weighted by molar-refractivity contribution is 6.31. The molecular formula is C21H25ClN6O3. The lowest BCUT2D eigenvalue weighted by Gasteiger charge is -2.15. The van der Waals surface area contributed by atoms with Crippen molar-refractivity contribution in [1.82, 2.24) is 20.2 Å². The van der Waals surface area contributed by atoms with Gasteiger partial charge in [-0.15, -0.1) is 0 Å². The highest BCUT2D eigenvalue weighted by Crippen LogP contribution is 2.34. The van der Waals surface area contributed by atoms with E-state index in [-0.39, 0.29) is 12.5 Å². The molecule has 0 spiro atoms. The zero-order valence-electron chi connectivity index (χ0n) is 17.7. The van der Waals surface area contributed by atoms with Crippen molar-refractivity contribution in [2.75, 3.05) is 23.8 Å². The van der Waals surface area contributed by atoms with Crippen LogP contribution in [0.5, 0.6) is 11.5 Å². The fourth-order valence-electron chi connectivity index (χ4n) is 2.79. The van der Waals surface area contributed by atoms with E-state index in [1.54, 1.807) is 16.8 Å².